The number of alkyl halides is 2. The second-order valence-corrected chi connectivity index (χ2v) is 4.35. The number of carbonyl (C=O) groups excluding carboxylic acids is 1. The number of hydrogen-bond acceptors (Lipinski definition) is 4. The van der Waals surface area contributed by atoms with E-state index >= 15 is 0 Å². The number of amides is 2. The first-order chi connectivity index (χ1) is 8.52. The van der Waals surface area contributed by atoms with Gasteiger partial charge in [0, 0.05) is 0 Å². The third-order valence-electron chi connectivity index (χ3n) is 3.01. The predicted octanol–water partition coefficient (Wildman–Crippen LogP) is 0.909. The smallest absolute Gasteiger partial charge is 0.322 e. The molecule has 1 aliphatic carbocycles. The molecule has 9 heteroatoms. The summed E-state index contributed by atoms with van der Waals surface area (Å²) in [5, 5.41) is 15.4. The maximum Gasteiger partial charge on any atom is 0.322 e. The van der Waals surface area contributed by atoms with Crippen LogP contribution in [0.4, 0.5) is 19.5 Å². The Morgan fingerprint density at radius 1 is 1.44 bits per heavy atom. The molecule has 0 spiro atoms. The van der Waals surface area contributed by atoms with Crippen LogP contribution in [0.5, 0.6) is 0 Å². The summed E-state index contributed by atoms with van der Waals surface area (Å²) in [4.78, 5) is 12.8. The van der Waals surface area contributed by atoms with Crippen LogP contribution in [0.15, 0.2) is 0 Å². The van der Waals surface area contributed by atoms with Crippen molar-refractivity contribution in [2.45, 2.75) is 37.6 Å². The molecule has 0 aliphatic heterocycles. The van der Waals surface area contributed by atoms with Gasteiger partial charge in [-0.1, -0.05) is 17.9 Å². The largest absolute Gasteiger partial charge is 0.327 e. The van der Waals surface area contributed by atoms with Gasteiger partial charge in [-0.25, -0.2) is 13.6 Å². The molecule has 1 heterocycles. The first-order valence-corrected chi connectivity index (χ1v) is 5.63. The molecule has 18 heavy (non-hydrogen) atoms. The highest BCUT2D eigenvalue weighted by Gasteiger charge is 2.43. The summed E-state index contributed by atoms with van der Waals surface area (Å²) in [6, 6.07) is -0.731. The van der Waals surface area contributed by atoms with Crippen LogP contribution >= 0.6 is 0 Å². The number of halogens is 2. The second kappa shape index (κ2) is 4.83. The van der Waals surface area contributed by atoms with Crippen LogP contribution in [-0.4, -0.2) is 38.2 Å². The molecule has 0 atom stereocenters. The number of rotatable bonds is 3. The molecule has 0 radical (unpaired) electrons. The number of tetrazole rings is 1. The summed E-state index contributed by atoms with van der Waals surface area (Å²) in [6.07, 6.45) is -0.638. The van der Waals surface area contributed by atoms with Crippen molar-refractivity contribution in [3.8, 4) is 0 Å². The number of hydrogen-bond donors (Lipinski definition) is 2. The second-order valence-electron chi connectivity index (χ2n) is 4.35. The van der Waals surface area contributed by atoms with Crippen LogP contribution in [0, 0.1) is 0 Å². The summed E-state index contributed by atoms with van der Waals surface area (Å²) in [5.41, 5.74) is -1.42. The van der Waals surface area contributed by atoms with E-state index in [1.807, 2.05) is 0 Å². The topological polar surface area (TPSA) is 84.7 Å². The van der Waals surface area contributed by atoms with Crippen LogP contribution in [0.3, 0.4) is 0 Å². The maximum atomic E-state index is 13.0. The molecule has 2 amide bonds. The number of nitrogens with one attached hydrogen (secondary N) is 2. The van der Waals surface area contributed by atoms with Gasteiger partial charge in [-0.3, -0.25) is 5.32 Å². The van der Waals surface area contributed by atoms with Gasteiger partial charge in [0.2, 0.25) is 0 Å². The molecule has 2 rings (SSSR count). The van der Waals surface area contributed by atoms with E-state index < -0.39 is 18.0 Å². The minimum absolute atomic E-state index is 0.0163. The Hall–Kier alpha value is -1.80. The molecule has 1 aliphatic rings. The SMILES string of the molecule is Cn1nnc(NC(=O)NC2(C(F)F)CCCC2)n1. The van der Waals surface area contributed by atoms with Crippen LogP contribution in [0.1, 0.15) is 25.7 Å². The van der Waals surface area contributed by atoms with Gasteiger partial charge >= 0.3 is 6.03 Å². The molecule has 1 aromatic heterocycles. The van der Waals surface area contributed by atoms with Crippen LogP contribution < -0.4 is 10.6 Å². The summed E-state index contributed by atoms with van der Waals surface area (Å²) in [5.74, 6) is -0.0163. The van der Waals surface area contributed by atoms with Crippen LogP contribution in [-0.2, 0) is 7.05 Å². The Morgan fingerprint density at radius 3 is 2.61 bits per heavy atom. The zero-order chi connectivity index (χ0) is 13.2. The van der Waals surface area contributed by atoms with E-state index in [4.69, 9.17) is 0 Å². The number of carbonyl (C=O) groups is 1. The highest BCUT2D eigenvalue weighted by Crippen LogP contribution is 2.34. The summed E-state index contributed by atoms with van der Waals surface area (Å²) >= 11 is 0. The van der Waals surface area contributed by atoms with Gasteiger partial charge in [0.25, 0.3) is 12.4 Å². The van der Waals surface area contributed by atoms with Gasteiger partial charge in [0.15, 0.2) is 0 Å². The predicted molar refractivity (Wildman–Crippen MR) is 58.2 cm³/mol. The molecular formula is C9H14F2N6O. The molecule has 2 N–H and O–H groups in total. The minimum Gasteiger partial charge on any atom is -0.327 e. The Bertz CT molecular complexity index is 428. The number of anilines is 1. The quantitative estimate of drug-likeness (QED) is 0.846. The average molecular weight is 260 g/mol. The Morgan fingerprint density at radius 2 is 2.11 bits per heavy atom. The van der Waals surface area contributed by atoms with Crippen molar-refractivity contribution < 1.29 is 13.6 Å². The fourth-order valence-electron chi connectivity index (χ4n) is 2.10. The molecule has 1 saturated carbocycles. The molecule has 0 unspecified atom stereocenters. The molecule has 0 saturated heterocycles. The zero-order valence-corrected chi connectivity index (χ0v) is 9.86. The fourth-order valence-corrected chi connectivity index (χ4v) is 2.10. The molecule has 0 bridgehead atoms. The lowest BCUT2D eigenvalue weighted by atomic mass is 9.99. The summed E-state index contributed by atoms with van der Waals surface area (Å²) in [7, 11) is 1.54. The van der Waals surface area contributed by atoms with Crippen LogP contribution in [0.2, 0.25) is 0 Å². The summed E-state index contributed by atoms with van der Waals surface area (Å²) in [6.45, 7) is 0. The monoisotopic (exact) mass is 260 g/mol. The van der Waals surface area contributed by atoms with E-state index in [-0.39, 0.29) is 18.8 Å². The third-order valence-corrected chi connectivity index (χ3v) is 3.01. The van der Waals surface area contributed by atoms with Gasteiger partial charge < -0.3 is 5.32 Å². The first-order valence-electron chi connectivity index (χ1n) is 5.63. The number of urea groups is 1. The van der Waals surface area contributed by atoms with Gasteiger partial charge in [-0.05, 0) is 18.1 Å². The maximum absolute atomic E-state index is 13.0. The van der Waals surface area contributed by atoms with Crippen molar-refractivity contribution in [2.24, 2.45) is 7.05 Å². The van der Waals surface area contributed by atoms with Crippen molar-refractivity contribution in [1.82, 2.24) is 25.5 Å². The molecule has 1 aromatic rings. The lowest BCUT2D eigenvalue weighted by Crippen LogP contribution is -2.53. The lowest BCUT2D eigenvalue weighted by Gasteiger charge is -2.28. The molecular weight excluding hydrogens is 246 g/mol. The fraction of sp³-hybridized carbons (Fsp3) is 0.778. The lowest BCUT2D eigenvalue weighted by molar-refractivity contribution is 0.0407. The van der Waals surface area contributed by atoms with Crippen molar-refractivity contribution in [1.29, 1.82) is 0 Å². The van der Waals surface area contributed by atoms with Gasteiger partial charge in [-0.15, -0.1) is 5.10 Å². The van der Waals surface area contributed by atoms with E-state index in [2.05, 4.69) is 26.0 Å². The molecule has 100 valence electrons. The Balaban J connectivity index is 1.97. The first kappa shape index (κ1) is 12.7. The van der Waals surface area contributed by atoms with Crippen molar-refractivity contribution in [3.05, 3.63) is 0 Å². The van der Waals surface area contributed by atoms with E-state index in [1.165, 1.54) is 7.05 Å². The van der Waals surface area contributed by atoms with E-state index in [1.54, 1.807) is 0 Å². The Labute approximate surface area is 102 Å². The highest BCUT2D eigenvalue weighted by atomic mass is 19.3. The Kier molecular flexibility index (Phi) is 3.39. The van der Waals surface area contributed by atoms with Gasteiger partial charge in [0.05, 0.1) is 7.05 Å². The highest BCUT2D eigenvalue weighted by molar-refractivity contribution is 5.87. The average Bonchev–Trinajstić information content (AvgIpc) is 2.89. The van der Waals surface area contributed by atoms with Crippen molar-refractivity contribution >= 4 is 12.0 Å². The third kappa shape index (κ3) is 2.54. The van der Waals surface area contributed by atoms with Gasteiger partial charge in [-0.2, -0.15) is 4.80 Å². The molecule has 0 aromatic carbocycles. The number of aromatic nitrogens is 4. The summed E-state index contributed by atoms with van der Waals surface area (Å²) < 4.78 is 26.0. The number of aryl methyl sites for hydroxylation is 1. The molecule has 1 fully saturated rings. The standard InChI is InChI=1S/C9H14F2N6O/c1-17-15-7(14-16-17)12-8(18)13-9(6(10)11)4-2-3-5-9/h6H,2-5H2,1H3,(H2,12,13,15,18). The van der Waals surface area contributed by atoms with Crippen LogP contribution in [0.25, 0.3) is 0 Å². The number of nitrogens with zero attached hydrogens (tertiary/aromatic N) is 4. The van der Waals surface area contributed by atoms with Crippen molar-refractivity contribution in [2.75, 3.05) is 5.32 Å². The van der Waals surface area contributed by atoms with E-state index in [0.717, 1.165) is 4.80 Å². The van der Waals surface area contributed by atoms with E-state index in [0.29, 0.717) is 12.8 Å². The van der Waals surface area contributed by atoms with Gasteiger partial charge in [0.1, 0.15) is 5.54 Å². The zero-order valence-electron chi connectivity index (χ0n) is 9.86. The normalized spacial score (nSPS) is 18.0. The van der Waals surface area contributed by atoms with Crippen molar-refractivity contribution in [3.63, 3.8) is 0 Å². The minimum atomic E-state index is -2.58. The van der Waals surface area contributed by atoms with E-state index in [9.17, 15) is 13.6 Å². The molecule has 7 nitrogen and oxygen atoms in total.